The molecule has 0 aliphatic heterocycles. The molecule has 0 amide bonds. The quantitative estimate of drug-likeness (QED) is 0.912. The smallest absolute Gasteiger partial charge is 0.174 e. The van der Waals surface area contributed by atoms with E-state index in [0.29, 0.717) is 0 Å². The van der Waals surface area contributed by atoms with Crippen LogP contribution in [0.1, 0.15) is 25.2 Å². The van der Waals surface area contributed by atoms with Gasteiger partial charge in [0.1, 0.15) is 5.82 Å². The van der Waals surface area contributed by atoms with Crippen LogP contribution in [0.5, 0.6) is 0 Å². The molecule has 19 heavy (non-hydrogen) atoms. The molecule has 0 saturated heterocycles. The molecule has 0 radical (unpaired) electrons. The number of aromatic nitrogens is 2. The van der Waals surface area contributed by atoms with Crippen LogP contribution in [0.25, 0.3) is 0 Å². The summed E-state index contributed by atoms with van der Waals surface area (Å²) < 4.78 is 5.22. The lowest BCUT2D eigenvalue weighted by Gasteiger charge is -2.11. The molecule has 1 aromatic heterocycles. The van der Waals surface area contributed by atoms with E-state index in [1.807, 2.05) is 26.0 Å². The number of hydrogen-bond acceptors (Lipinski definition) is 5. The first-order valence-corrected chi connectivity index (χ1v) is 8.10. The summed E-state index contributed by atoms with van der Waals surface area (Å²) in [6, 6.07) is 6.04. The predicted molar refractivity (Wildman–Crippen MR) is 82.2 cm³/mol. The van der Waals surface area contributed by atoms with E-state index < -0.39 is 0 Å². The van der Waals surface area contributed by atoms with Gasteiger partial charge in [0.15, 0.2) is 4.34 Å². The second-order valence-electron chi connectivity index (χ2n) is 4.34. The largest absolute Gasteiger partial charge is 0.328 e. The molecular weight excluding hydrogens is 298 g/mol. The van der Waals surface area contributed by atoms with Crippen LogP contribution in [0.3, 0.4) is 0 Å². The van der Waals surface area contributed by atoms with Crippen molar-refractivity contribution >= 4 is 34.9 Å². The molecule has 2 aromatic rings. The Balaban J connectivity index is 2.27. The summed E-state index contributed by atoms with van der Waals surface area (Å²) in [7, 11) is 0. The number of nitrogens with two attached hydrogens (primary N) is 1. The van der Waals surface area contributed by atoms with Crippen molar-refractivity contribution in [2.24, 2.45) is 5.73 Å². The molecule has 0 spiro atoms. The van der Waals surface area contributed by atoms with E-state index in [-0.39, 0.29) is 6.04 Å². The van der Waals surface area contributed by atoms with Gasteiger partial charge < -0.3 is 5.73 Å². The van der Waals surface area contributed by atoms with Crippen LogP contribution in [-0.4, -0.2) is 15.4 Å². The average Bonchev–Trinajstić information content (AvgIpc) is 2.81. The number of aryl methyl sites for hydroxylation is 1. The van der Waals surface area contributed by atoms with Crippen molar-refractivity contribution in [3.8, 4) is 0 Å². The molecule has 1 unspecified atom stereocenters. The predicted octanol–water partition coefficient (Wildman–Crippen LogP) is 3.79. The molecule has 1 aromatic carbocycles. The minimum absolute atomic E-state index is 0.110. The minimum atomic E-state index is 0.110. The summed E-state index contributed by atoms with van der Waals surface area (Å²) in [5.41, 5.74) is 7.05. The Labute approximate surface area is 126 Å². The van der Waals surface area contributed by atoms with E-state index in [1.165, 1.54) is 17.1 Å². The number of nitrogens with zero attached hydrogens (tertiary/aromatic N) is 2. The Morgan fingerprint density at radius 3 is 2.89 bits per heavy atom. The topological polar surface area (TPSA) is 51.8 Å². The molecule has 0 saturated carbocycles. The maximum atomic E-state index is 6.30. The van der Waals surface area contributed by atoms with Crippen LogP contribution in [0, 0.1) is 0 Å². The van der Waals surface area contributed by atoms with E-state index in [9.17, 15) is 0 Å². The molecule has 2 rings (SSSR count). The van der Waals surface area contributed by atoms with Crippen LogP contribution in [0.4, 0.5) is 0 Å². The highest BCUT2D eigenvalue weighted by Gasteiger charge is 2.13. The summed E-state index contributed by atoms with van der Waals surface area (Å²) in [6.07, 6.45) is 1.66. The first kappa shape index (κ1) is 14.8. The van der Waals surface area contributed by atoms with E-state index >= 15 is 0 Å². The van der Waals surface area contributed by atoms with Crippen molar-refractivity contribution < 1.29 is 0 Å². The van der Waals surface area contributed by atoms with E-state index in [4.69, 9.17) is 17.3 Å². The second-order valence-corrected chi connectivity index (χ2v) is 6.76. The summed E-state index contributed by atoms with van der Waals surface area (Å²) in [5, 5.41) is 0.747. The number of rotatable bonds is 5. The van der Waals surface area contributed by atoms with Gasteiger partial charge in [-0.1, -0.05) is 42.4 Å². The monoisotopic (exact) mass is 313 g/mol. The van der Waals surface area contributed by atoms with E-state index in [0.717, 1.165) is 32.9 Å². The zero-order chi connectivity index (χ0) is 13.8. The molecule has 2 N–H and O–H groups in total. The fourth-order valence-electron chi connectivity index (χ4n) is 1.69. The summed E-state index contributed by atoms with van der Waals surface area (Å²) in [6.45, 7) is 4.04. The van der Waals surface area contributed by atoms with Gasteiger partial charge in [-0.05, 0) is 36.5 Å². The van der Waals surface area contributed by atoms with Gasteiger partial charge in [-0.25, -0.2) is 4.98 Å². The van der Waals surface area contributed by atoms with Crippen molar-refractivity contribution in [3.63, 3.8) is 0 Å². The fourth-order valence-corrected chi connectivity index (χ4v) is 3.78. The van der Waals surface area contributed by atoms with E-state index in [2.05, 4.69) is 15.4 Å². The highest BCUT2D eigenvalue weighted by Crippen LogP contribution is 2.37. The molecule has 0 bridgehead atoms. The normalized spacial score (nSPS) is 12.6. The van der Waals surface area contributed by atoms with Crippen LogP contribution in [0.15, 0.2) is 27.4 Å². The molecule has 1 heterocycles. The third-order valence-corrected chi connectivity index (χ3v) is 4.95. The number of hydrogen-bond donors (Lipinski definition) is 1. The Hall–Kier alpha value is -0.620. The van der Waals surface area contributed by atoms with Gasteiger partial charge in [-0.2, -0.15) is 4.37 Å². The van der Waals surface area contributed by atoms with Gasteiger partial charge >= 0.3 is 0 Å². The van der Waals surface area contributed by atoms with Crippen molar-refractivity contribution in [3.05, 3.63) is 34.6 Å². The van der Waals surface area contributed by atoms with Crippen LogP contribution >= 0.6 is 34.9 Å². The van der Waals surface area contributed by atoms with Gasteiger partial charge in [0, 0.05) is 17.4 Å². The fraction of sp³-hybridized carbons (Fsp3) is 0.385. The van der Waals surface area contributed by atoms with Gasteiger partial charge in [0.2, 0.25) is 0 Å². The third-order valence-electron chi connectivity index (χ3n) is 2.55. The van der Waals surface area contributed by atoms with Crippen molar-refractivity contribution in [1.29, 1.82) is 0 Å². The molecule has 102 valence electrons. The number of halogens is 1. The lowest BCUT2D eigenvalue weighted by atomic mass is 10.1. The first-order chi connectivity index (χ1) is 9.10. The zero-order valence-corrected chi connectivity index (χ0v) is 13.3. The van der Waals surface area contributed by atoms with Crippen molar-refractivity contribution in [2.45, 2.75) is 42.0 Å². The standard InChI is InChI=1S/C13H16ClN3S2/c1-3-11-16-13(19-17-11)18-12-9(7-8(2)15)5-4-6-10(12)14/h4-6,8H,3,7,15H2,1-2H3. The first-order valence-electron chi connectivity index (χ1n) is 6.13. The second kappa shape index (κ2) is 6.70. The van der Waals surface area contributed by atoms with Crippen LogP contribution in [0.2, 0.25) is 5.02 Å². The summed E-state index contributed by atoms with van der Waals surface area (Å²) in [5.74, 6) is 0.883. The van der Waals surface area contributed by atoms with Crippen molar-refractivity contribution in [2.75, 3.05) is 0 Å². The molecule has 0 aliphatic carbocycles. The molecule has 3 nitrogen and oxygen atoms in total. The highest BCUT2D eigenvalue weighted by atomic mass is 35.5. The molecule has 1 atom stereocenters. The number of benzene rings is 1. The van der Waals surface area contributed by atoms with E-state index in [1.54, 1.807) is 11.8 Å². The Morgan fingerprint density at radius 1 is 1.47 bits per heavy atom. The minimum Gasteiger partial charge on any atom is -0.328 e. The lowest BCUT2D eigenvalue weighted by molar-refractivity contribution is 0.729. The summed E-state index contributed by atoms with van der Waals surface area (Å²) in [4.78, 5) is 5.51. The van der Waals surface area contributed by atoms with Gasteiger partial charge in [0.05, 0.1) is 5.02 Å². The third kappa shape index (κ3) is 3.92. The molecule has 6 heteroatoms. The lowest BCUT2D eigenvalue weighted by Crippen LogP contribution is -2.18. The average molecular weight is 314 g/mol. The Bertz CT molecular complexity index is 555. The van der Waals surface area contributed by atoms with Crippen LogP contribution in [-0.2, 0) is 12.8 Å². The zero-order valence-electron chi connectivity index (χ0n) is 10.9. The molecule has 0 aliphatic rings. The highest BCUT2D eigenvalue weighted by molar-refractivity contribution is 8.01. The van der Waals surface area contributed by atoms with Gasteiger partial charge in [0.25, 0.3) is 0 Å². The Morgan fingerprint density at radius 2 is 2.26 bits per heavy atom. The summed E-state index contributed by atoms with van der Waals surface area (Å²) >= 11 is 9.29. The van der Waals surface area contributed by atoms with Gasteiger partial charge in [-0.15, -0.1) is 0 Å². The van der Waals surface area contributed by atoms with Crippen LogP contribution < -0.4 is 5.73 Å². The molecular formula is C13H16ClN3S2. The van der Waals surface area contributed by atoms with Crippen molar-refractivity contribution in [1.82, 2.24) is 9.36 Å². The van der Waals surface area contributed by atoms with Gasteiger partial charge in [-0.3, -0.25) is 0 Å². The molecule has 0 fully saturated rings. The maximum Gasteiger partial charge on any atom is 0.174 e. The Kier molecular flexibility index (Phi) is 5.21. The SMILES string of the molecule is CCc1nsc(Sc2c(Cl)cccc2CC(C)N)n1. The maximum absolute atomic E-state index is 6.30.